The van der Waals surface area contributed by atoms with Gasteiger partial charge in [0.15, 0.2) is 0 Å². The van der Waals surface area contributed by atoms with Gasteiger partial charge in [0.25, 0.3) is 0 Å². The Morgan fingerprint density at radius 3 is 2.30 bits per heavy atom. The van der Waals surface area contributed by atoms with Gasteiger partial charge in [-0.25, -0.2) is 8.78 Å². The highest BCUT2D eigenvalue weighted by Crippen LogP contribution is 2.32. The SMILES string of the molecule is Cc1cc(C(Cl)Cc2c(F)cccc2F)c(C)cc1Br. The first kappa shape index (κ1) is 15.5. The van der Waals surface area contributed by atoms with Gasteiger partial charge in [-0.1, -0.05) is 28.1 Å². The molecular weight excluding hydrogens is 346 g/mol. The number of benzene rings is 2. The summed E-state index contributed by atoms with van der Waals surface area (Å²) in [5.74, 6) is -1.11. The molecule has 106 valence electrons. The predicted octanol–water partition coefficient (Wildman–Crippen LogP) is 5.87. The second-order valence-electron chi connectivity index (χ2n) is 4.83. The van der Waals surface area contributed by atoms with Crippen LogP contribution in [0.4, 0.5) is 8.78 Å². The molecule has 20 heavy (non-hydrogen) atoms. The van der Waals surface area contributed by atoms with Gasteiger partial charge in [-0.15, -0.1) is 11.6 Å². The third kappa shape index (κ3) is 3.21. The fourth-order valence-corrected chi connectivity index (χ4v) is 3.00. The Kier molecular flexibility index (Phi) is 4.82. The van der Waals surface area contributed by atoms with Crippen LogP contribution in [0.3, 0.4) is 0 Å². The molecule has 0 saturated carbocycles. The zero-order chi connectivity index (χ0) is 14.9. The molecule has 0 N–H and O–H groups in total. The lowest BCUT2D eigenvalue weighted by Gasteiger charge is -2.15. The second-order valence-corrected chi connectivity index (χ2v) is 6.21. The van der Waals surface area contributed by atoms with Crippen LogP contribution >= 0.6 is 27.5 Å². The van der Waals surface area contributed by atoms with Gasteiger partial charge in [0.1, 0.15) is 11.6 Å². The minimum Gasteiger partial charge on any atom is -0.207 e. The molecular formula is C16H14BrClF2. The monoisotopic (exact) mass is 358 g/mol. The average Bonchev–Trinajstić information content (AvgIpc) is 2.38. The normalized spacial score (nSPS) is 12.5. The number of halogens is 4. The topological polar surface area (TPSA) is 0 Å². The van der Waals surface area contributed by atoms with Crippen LogP contribution < -0.4 is 0 Å². The van der Waals surface area contributed by atoms with E-state index in [2.05, 4.69) is 15.9 Å². The summed E-state index contributed by atoms with van der Waals surface area (Å²) >= 11 is 9.82. The van der Waals surface area contributed by atoms with E-state index in [9.17, 15) is 8.78 Å². The number of hydrogen-bond acceptors (Lipinski definition) is 0. The van der Waals surface area contributed by atoms with Crippen molar-refractivity contribution in [2.24, 2.45) is 0 Å². The fourth-order valence-electron chi connectivity index (χ4n) is 2.16. The second kappa shape index (κ2) is 6.23. The van der Waals surface area contributed by atoms with E-state index in [1.54, 1.807) is 0 Å². The van der Waals surface area contributed by atoms with Crippen LogP contribution in [0.15, 0.2) is 34.8 Å². The van der Waals surface area contributed by atoms with Crippen LogP contribution in [-0.4, -0.2) is 0 Å². The van der Waals surface area contributed by atoms with E-state index in [-0.39, 0.29) is 12.0 Å². The molecule has 0 radical (unpaired) electrons. The van der Waals surface area contributed by atoms with Crippen LogP contribution in [0.1, 0.15) is 27.6 Å². The van der Waals surface area contributed by atoms with Crippen molar-refractivity contribution in [1.29, 1.82) is 0 Å². The summed E-state index contributed by atoms with van der Waals surface area (Å²) in [6.45, 7) is 3.90. The van der Waals surface area contributed by atoms with Gasteiger partial charge < -0.3 is 0 Å². The van der Waals surface area contributed by atoms with E-state index < -0.39 is 17.0 Å². The first-order chi connectivity index (χ1) is 9.40. The van der Waals surface area contributed by atoms with Gasteiger partial charge in [-0.2, -0.15) is 0 Å². The number of rotatable bonds is 3. The maximum Gasteiger partial charge on any atom is 0.129 e. The third-order valence-corrected chi connectivity index (χ3v) is 4.57. The Labute approximate surface area is 130 Å². The lowest BCUT2D eigenvalue weighted by atomic mass is 9.98. The van der Waals surface area contributed by atoms with Crippen LogP contribution in [-0.2, 0) is 6.42 Å². The molecule has 0 aliphatic carbocycles. The van der Waals surface area contributed by atoms with E-state index in [1.165, 1.54) is 18.2 Å². The summed E-state index contributed by atoms with van der Waals surface area (Å²) < 4.78 is 28.3. The number of hydrogen-bond donors (Lipinski definition) is 0. The molecule has 2 rings (SSSR count). The molecule has 0 bridgehead atoms. The molecule has 4 heteroatoms. The molecule has 0 aromatic heterocycles. The Bertz CT molecular complexity index is 620. The summed E-state index contributed by atoms with van der Waals surface area (Å²) in [5.41, 5.74) is 2.98. The molecule has 0 aliphatic heterocycles. The van der Waals surface area contributed by atoms with Crippen molar-refractivity contribution >= 4 is 27.5 Å². The zero-order valence-electron chi connectivity index (χ0n) is 11.2. The Morgan fingerprint density at radius 2 is 1.70 bits per heavy atom. The lowest BCUT2D eigenvalue weighted by molar-refractivity contribution is 0.553. The maximum absolute atomic E-state index is 13.7. The Balaban J connectivity index is 2.33. The first-order valence-corrected chi connectivity index (χ1v) is 7.46. The summed E-state index contributed by atoms with van der Waals surface area (Å²) in [6, 6.07) is 7.78. The number of alkyl halides is 1. The fraction of sp³-hybridized carbons (Fsp3) is 0.250. The molecule has 2 aromatic rings. The highest BCUT2D eigenvalue weighted by molar-refractivity contribution is 9.10. The van der Waals surface area contributed by atoms with Crippen molar-refractivity contribution in [3.63, 3.8) is 0 Å². The largest absolute Gasteiger partial charge is 0.207 e. The van der Waals surface area contributed by atoms with Crippen molar-refractivity contribution in [2.75, 3.05) is 0 Å². The summed E-state index contributed by atoms with van der Waals surface area (Å²) in [4.78, 5) is 0. The van der Waals surface area contributed by atoms with Gasteiger partial charge in [0.2, 0.25) is 0 Å². The number of aryl methyl sites for hydroxylation is 2. The standard InChI is InChI=1S/C16H14BrClF2/c1-9-7-13(17)10(2)6-11(9)14(18)8-12-15(19)4-3-5-16(12)20/h3-7,14H,8H2,1-2H3. The predicted molar refractivity (Wildman–Crippen MR) is 82.3 cm³/mol. The highest BCUT2D eigenvalue weighted by Gasteiger charge is 2.17. The van der Waals surface area contributed by atoms with E-state index in [0.717, 1.165) is 21.2 Å². The molecule has 0 nitrogen and oxygen atoms in total. The highest BCUT2D eigenvalue weighted by atomic mass is 79.9. The molecule has 0 spiro atoms. The van der Waals surface area contributed by atoms with Crippen molar-refractivity contribution in [3.05, 3.63) is 68.7 Å². The summed E-state index contributed by atoms with van der Waals surface area (Å²) in [6.07, 6.45) is 0.127. The molecule has 0 saturated heterocycles. The van der Waals surface area contributed by atoms with Crippen LogP contribution in [0, 0.1) is 25.5 Å². The van der Waals surface area contributed by atoms with Crippen LogP contribution in [0.25, 0.3) is 0 Å². The maximum atomic E-state index is 13.7. The van der Waals surface area contributed by atoms with E-state index in [1.807, 2.05) is 26.0 Å². The van der Waals surface area contributed by atoms with Crippen molar-refractivity contribution in [2.45, 2.75) is 25.6 Å². The summed E-state index contributed by atoms with van der Waals surface area (Å²) in [5, 5.41) is -0.465. The smallest absolute Gasteiger partial charge is 0.129 e. The van der Waals surface area contributed by atoms with Gasteiger partial charge >= 0.3 is 0 Å². The van der Waals surface area contributed by atoms with Gasteiger partial charge in [-0.3, -0.25) is 0 Å². The van der Waals surface area contributed by atoms with Crippen molar-refractivity contribution in [1.82, 2.24) is 0 Å². The van der Waals surface area contributed by atoms with E-state index in [4.69, 9.17) is 11.6 Å². The van der Waals surface area contributed by atoms with Crippen molar-refractivity contribution < 1.29 is 8.78 Å². The zero-order valence-corrected chi connectivity index (χ0v) is 13.5. The molecule has 1 unspecified atom stereocenters. The minimum absolute atomic E-state index is 0.0347. The van der Waals surface area contributed by atoms with Gasteiger partial charge in [0, 0.05) is 10.0 Å². The molecule has 0 amide bonds. The molecule has 1 atom stereocenters. The molecule has 0 fully saturated rings. The average molecular weight is 360 g/mol. The third-order valence-electron chi connectivity index (χ3n) is 3.33. The van der Waals surface area contributed by atoms with Crippen molar-refractivity contribution in [3.8, 4) is 0 Å². The quantitative estimate of drug-likeness (QED) is 0.601. The molecule has 0 aliphatic rings. The molecule has 2 aromatic carbocycles. The van der Waals surface area contributed by atoms with Crippen LogP contribution in [0.5, 0.6) is 0 Å². The van der Waals surface area contributed by atoms with E-state index in [0.29, 0.717) is 0 Å². The Hall–Kier alpha value is -0.930. The minimum atomic E-state index is -0.554. The van der Waals surface area contributed by atoms with Gasteiger partial charge in [0.05, 0.1) is 5.38 Å². The van der Waals surface area contributed by atoms with Gasteiger partial charge in [-0.05, 0) is 55.2 Å². The van der Waals surface area contributed by atoms with Crippen LogP contribution in [0.2, 0.25) is 0 Å². The summed E-state index contributed by atoms with van der Waals surface area (Å²) in [7, 11) is 0. The van der Waals surface area contributed by atoms with E-state index >= 15 is 0 Å². The molecule has 0 heterocycles. The lowest BCUT2D eigenvalue weighted by Crippen LogP contribution is -2.03. The first-order valence-electron chi connectivity index (χ1n) is 6.23. The Morgan fingerprint density at radius 1 is 1.10 bits per heavy atom.